The van der Waals surface area contributed by atoms with E-state index in [1.165, 1.54) is 0 Å². The molecule has 3 nitrogen and oxygen atoms in total. The first-order valence-corrected chi connectivity index (χ1v) is 5.21. The van der Waals surface area contributed by atoms with Gasteiger partial charge in [0.1, 0.15) is 6.42 Å². The lowest BCUT2D eigenvalue weighted by atomic mass is 10.2. The van der Waals surface area contributed by atoms with Crippen LogP contribution in [0.1, 0.15) is 18.9 Å². The molecule has 0 aliphatic heterocycles. The quantitative estimate of drug-likeness (QED) is 0.488. The maximum Gasteiger partial charge on any atom is 0.317 e. The van der Waals surface area contributed by atoms with Gasteiger partial charge in [-0.2, -0.15) is 0 Å². The highest BCUT2D eigenvalue weighted by molar-refractivity contribution is 6.32. The van der Waals surface area contributed by atoms with Gasteiger partial charge in [0.25, 0.3) is 0 Å². The van der Waals surface area contributed by atoms with Gasteiger partial charge in [-0.05, 0) is 19.1 Å². The summed E-state index contributed by atoms with van der Waals surface area (Å²) in [4.78, 5) is 11.0. The highest BCUT2D eigenvalue weighted by Gasteiger charge is 2.01. The Labute approximate surface area is 99.5 Å². The molecule has 0 bridgehead atoms. The molecular formula is C12H12ClNO2. The summed E-state index contributed by atoms with van der Waals surface area (Å²) in [5, 5.41) is 0.483. The van der Waals surface area contributed by atoms with Crippen molar-refractivity contribution >= 4 is 23.3 Å². The molecule has 0 saturated carbocycles. The van der Waals surface area contributed by atoms with Crippen molar-refractivity contribution in [3.63, 3.8) is 0 Å². The van der Waals surface area contributed by atoms with E-state index >= 15 is 0 Å². The van der Waals surface area contributed by atoms with Gasteiger partial charge in [0, 0.05) is 5.69 Å². The molecule has 0 amide bonds. The molecule has 0 heterocycles. The summed E-state index contributed by atoms with van der Waals surface area (Å²) in [5.41, 5.74) is 6.75. The minimum Gasteiger partial charge on any atom is -0.465 e. The van der Waals surface area contributed by atoms with Crippen molar-refractivity contribution in [1.82, 2.24) is 0 Å². The van der Waals surface area contributed by atoms with Crippen molar-refractivity contribution in [3.8, 4) is 11.8 Å². The van der Waals surface area contributed by atoms with E-state index in [-0.39, 0.29) is 12.4 Å². The molecule has 0 aliphatic carbocycles. The third-order valence-corrected chi connectivity index (χ3v) is 2.11. The minimum absolute atomic E-state index is 0.0402. The highest BCUT2D eigenvalue weighted by atomic mass is 35.5. The van der Waals surface area contributed by atoms with Crippen molar-refractivity contribution in [2.75, 3.05) is 12.3 Å². The number of carbonyl (C=O) groups is 1. The smallest absolute Gasteiger partial charge is 0.317 e. The van der Waals surface area contributed by atoms with E-state index < -0.39 is 0 Å². The van der Waals surface area contributed by atoms with Crippen molar-refractivity contribution in [1.29, 1.82) is 0 Å². The summed E-state index contributed by atoms with van der Waals surface area (Å²) in [6.07, 6.45) is 0.0402. The van der Waals surface area contributed by atoms with E-state index in [1.54, 1.807) is 25.1 Å². The number of esters is 1. The molecule has 0 aliphatic rings. The fourth-order valence-corrected chi connectivity index (χ4v) is 1.32. The van der Waals surface area contributed by atoms with Gasteiger partial charge in [-0.15, -0.1) is 0 Å². The van der Waals surface area contributed by atoms with Crippen LogP contribution in [0, 0.1) is 11.8 Å². The molecular weight excluding hydrogens is 226 g/mol. The summed E-state index contributed by atoms with van der Waals surface area (Å²) in [6.45, 7) is 2.10. The molecule has 0 unspecified atom stereocenters. The number of halogens is 1. The molecule has 0 aromatic heterocycles. The maximum atomic E-state index is 11.0. The predicted molar refractivity (Wildman–Crippen MR) is 64.0 cm³/mol. The largest absolute Gasteiger partial charge is 0.465 e. The molecule has 0 radical (unpaired) electrons. The Morgan fingerprint density at radius 2 is 2.31 bits per heavy atom. The Morgan fingerprint density at radius 3 is 2.94 bits per heavy atom. The van der Waals surface area contributed by atoms with Gasteiger partial charge in [0.05, 0.1) is 17.2 Å². The van der Waals surface area contributed by atoms with Gasteiger partial charge in [0.2, 0.25) is 0 Å². The van der Waals surface area contributed by atoms with Crippen molar-refractivity contribution in [2.45, 2.75) is 13.3 Å². The lowest BCUT2D eigenvalue weighted by molar-refractivity contribution is -0.141. The second kappa shape index (κ2) is 6.04. The lowest BCUT2D eigenvalue weighted by Crippen LogP contribution is -2.01. The first-order valence-electron chi connectivity index (χ1n) is 4.83. The van der Waals surface area contributed by atoms with E-state index in [0.29, 0.717) is 22.9 Å². The normalized spacial score (nSPS) is 9.12. The Balaban J connectivity index is 2.74. The first kappa shape index (κ1) is 12.4. The molecule has 2 N–H and O–H groups in total. The standard InChI is InChI=1S/C12H12ClNO2/c1-2-16-12(15)8-3-5-9-10(13)6-4-7-11(9)14/h4,6-7H,2,8,14H2,1H3. The molecule has 0 saturated heterocycles. The summed E-state index contributed by atoms with van der Waals surface area (Å²) in [7, 11) is 0. The number of hydrogen-bond donors (Lipinski definition) is 1. The first-order chi connectivity index (χ1) is 7.65. The molecule has 4 heteroatoms. The lowest BCUT2D eigenvalue weighted by Gasteiger charge is -1.99. The number of anilines is 1. The van der Waals surface area contributed by atoms with Gasteiger partial charge in [0.15, 0.2) is 0 Å². The van der Waals surface area contributed by atoms with Crippen LogP contribution in [0.25, 0.3) is 0 Å². The van der Waals surface area contributed by atoms with Gasteiger partial charge in [-0.1, -0.05) is 29.5 Å². The summed E-state index contributed by atoms with van der Waals surface area (Å²) in [5.74, 6) is 5.10. The van der Waals surface area contributed by atoms with Crippen LogP contribution in [0.3, 0.4) is 0 Å². The minimum atomic E-state index is -0.347. The molecule has 0 fully saturated rings. The fourth-order valence-electron chi connectivity index (χ4n) is 1.09. The molecule has 84 valence electrons. The Kier molecular flexibility index (Phi) is 4.68. The zero-order valence-corrected chi connectivity index (χ0v) is 9.67. The third-order valence-electron chi connectivity index (χ3n) is 1.80. The number of benzene rings is 1. The number of hydrogen-bond acceptors (Lipinski definition) is 3. The van der Waals surface area contributed by atoms with E-state index in [9.17, 15) is 4.79 Å². The number of nitrogen functional groups attached to an aromatic ring is 1. The Bertz CT molecular complexity index is 426. The van der Waals surface area contributed by atoms with Crippen LogP contribution >= 0.6 is 11.6 Å². The van der Waals surface area contributed by atoms with Gasteiger partial charge in [-0.25, -0.2) is 0 Å². The van der Waals surface area contributed by atoms with Crippen LogP contribution in [-0.4, -0.2) is 12.6 Å². The van der Waals surface area contributed by atoms with E-state index in [1.807, 2.05) is 0 Å². The van der Waals surface area contributed by atoms with Crippen LogP contribution in [-0.2, 0) is 9.53 Å². The van der Waals surface area contributed by atoms with Crippen molar-refractivity contribution in [2.24, 2.45) is 0 Å². The summed E-state index contributed by atoms with van der Waals surface area (Å²) in [6, 6.07) is 5.15. The second-order valence-electron chi connectivity index (χ2n) is 2.99. The summed E-state index contributed by atoms with van der Waals surface area (Å²) < 4.78 is 4.73. The number of carbonyl (C=O) groups excluding carboxylic acids is 1. The fraction of sp³-hybridized carbons (Fsp3) is 0.250. The highest BCUT2D eigenvalue weighted by Crippen LogP contribution is 2.20. The maximum absolute atomic E-state index is 11.0. The van der Waals surface area contributed by atoms with Gasteiger partial charge >= 0.3 is 5.97 Å². The monoisotopic (exact) mass is 237 g/mol. The average molecular weight is 238 g/mol. The zero-order valence-electron chi connectivity index (χ0n) is 8.92. The van der Waals surface area contributed by atoms with Crippen LogP contribution in [0.5, 0.6) is 0 Å². The van der Waals surface area contributed by atoms with Crippen LogP contribution in [0.4, 0.5) is 5.69 Å². The molecule has 1 aromatic carbocycles. The number of ether oxygens (including phenoxy) is 1. The zero-order chi connectivity index (χ0) is 12.0. The van der Waals surface area contributed by atoms with Crippen molar-refractivity contribution in [3.05, 3.63) is 28.8 Å². The molecule has 16 heavy (non-hydrogen) atoms. The summed E-state index contributed by atoms with van der Waals surface area (Å²) >= 11 is 5.91. The van der Waals surface area contributed by atoms with Crippen LogP contribution in [0.15, 0.2) is 18.2 Å². The van der Waals surface area contributed by atoms with E-state index in [4.69, 9.17) is 22.1 Å². The van der Waals surface area contributed by atoms with Gasteiger partial charge < -0.3 is 10.5 Å². The van der Waals surface area contributed by atoms with E-state index in [2.05, 4.69) is 11.8 Å². The van der Waals surface area contributed by atoms with E-state index in [0.717, 1.165) is 0 Å². The molecule has 0 spiro atoms. The van der Waals surface area contributed by atoms with Gasteiger partial charge in [-0.3, -0.25) is 4.79 Å². The predicted octanol–water partition coefficient (Wildman–Crippen LogP) is 2.23. The Morgan fingerprint density at radius 1 is 1.56 bits per heavy atom. The Hall–Kier alpha value is -1.66. The molecule has 1 rings (SSSR count). The second-order valence-corrected chi connectivity index (χ2v) is 3.39. The van der Waals surface area contributed by atoms with Crippen LogP contribution in [0.2, 0.25) is 5.02 Å². The van der Waals surface area contributed by atoms with Crippen molar-refractivity contribution < 1.29 is 9.53 Å². The molecule has 1 aromatic rings. The number of rotatable bonds is 2. The average Bonchev–Trinajstić information content (AvgIpc) is 2.23. The number of nitrogens with two attached hydrogens (primary N) is 1. The van der Waals surface area contributed by atoms with Crippen LogP contribution < -0.4 is 5.73 Å². The molecule has 0 atom stereocenters. The topological polar surface area (TPSA) is 52.3 Å². The SMILES string of the molecule is CCOC(=O)CC#Cc1c(N)cccc1Cl. The third kappa shape index (κ3) is 3.48.